The summed E-state index contributed by atoms with van der Waals surface area (Å²) in [5.41, 5.74) is 12.1. The normalized spacial score (nSPS) is 15.2. The van der Waals surface area contributed by atoms with Crippen LogP contribution in [0.15, 0.2) is 84.9 Å². The predicted molar refractivity (Wildman–Crippen MR) is 174 cm³/mol. The van der Waals surface area contributed by atoms with Crippen LogP contribution in [-0.4, -0.2) is 53.1 Å². The van der Waals surface area contributed by atoms with Crippen molar-refractivity contribution in [3.63, 3.8) is 0 Å². The topological polar surface area (TPSA) is 119 Å². The first-order valence-corrected chi connectivity index (χ1v) is 14.9. The van der Waals surface area contributed by atoms with E-state index in [1.54, 1.807) is 4.90 Å². The molecule has 5 rings (SSSR count). The standard InChI is InChI=1S/C34H36ClN5O4/c1-21(2)31(38-34(43)44-3)33(42)39-20-4-5-30(39)32(41)37-26-14-8-23(9-15-26)29-19-18-28(22-6-12-25(36)13-7-22)40(29)27-16-10-24(35)11-17-27/h6-19,21,30-31H,4-5,20,36H2,1-3H3,(H,37,41)(H,38,43)/t30-,31-/m0/s1. The zero-order valence-electron chi connectivity index (χ0n) is 24.9. The number of alkyl carbamates (subject to hydrolysis) is 1. The number of halogens is 1. The first-order chi connectivity index (χ1) is 21.2. The molecule has 4 aromatic rings. The monoisotopic (exact) mass is 613 g/mol. The average Bonchev–Trinajstić information content (AvgIpc) is 3.69. The average molecular weight is 614 g/mol. The quantitative estimate of drug-likeness (QED) is 0.200. The molecule has 1 fully saturated rings. The molecule has 0 spiro atoms. The van der Waals surface area contributed by atoms with E-state index in [9.17, 15) is 14.4 Å². The number of rotatable bonds is 8. The Morgan fingerprint density at radius 1 is 0.886 bits per heavy atom. The van der Waals surface area contributed by atoms with E-state index >= 15 is 0 Å². The Morgan fingerprint density at radius 3 is 2.05 bits per heavy atom. The zero-order valence-corrected chi connectivity index (χ0v) is 25.7. The van der Waals surface area contributed by atoms with E-state index in [0.717, 1.165) is 28.2 Å². The fraction of sp³-hybridized carbons (Fsp3) is 0.265. The minimum atomic E-state index is -0.787. The van der Waals surface area contributed by atoms with E-state index in [2.05, 4.69) is 27.3 Å². The molecule has 1 aromatic heterocycles. The molecule has 1 aliphatic heterocycles. The lowest BCUT2D eigenvalue weighted by atomic mass is 10.0. The zero-order chi connectivity index (χ0) is 31.4. The molecule has 0 unspecified atom stereocenters. The molecular formula is C34H36ClN5O4. The summed E-state index contributed by atoms with van der Waals surface area (Å²) >= 11 is 6.19. The second kappa shape index (κ2) is 13.3. The second-order valence-electron chi connectivity index (χ2n) is 11.2. The number of likely N-dealkylation sites (tertiary alicyclic amines) is 1. The number of nitrogens with one attached hydrogen (secondary N) is 2. The van der Waals surface area contributed by atoms with Gasteiger partial charge in [-0.25, -0.2) is 4.79 Å². The van der Waals surface area contributed by atoms with Crippen LogP contribution in [0.3, 0.4) is 0 Å². The fourth-order valence-corrected chi connectivity index (χ4v) is 5.67. The van der Waals surface area contributed by atoms with E-state index in [1.807, 2.05) is 86.6 Å². The fourth-order valence-electron chi connectivity index (χ4n) is 5.54. The first kappa shape index (κ1) is 30.7. The summed E-state index contributed by atoms with van der Waals surface area (Å²) in [7, 11) is 1.25. The lowest BCUT2D eigenvalue weighted by Crippen LogP contribution is -2.54. The SMILES string of the molecule is COC(=O)N[C@H](C(=O)N1CCC[C@H]1C(=O)Nc1ccc(-c2ccc(-c3ccc(N)cc3)n2-c2ccc(Cl)cc2)cc1)C(C)C. The smallest absolute Gasteiger partial charge is 0.407 e. The van der Waals surface area contributed by atoms with Crippen molar-refractivity contribution in [2.45, 2.75) is 38.8 Å². The summed E-state index contributed by atoms with van der Waals surface area (Å²) in [5.74, 6) is -0.733. The van der Waals surface area contributed by atoms with Crippen molar-refractivity contribution in [3.8, 4) is 28.2 Å². The van der Waals surface area contributed by atoms with Gasteiger partial charge in [-0.1, -0.05) is 49.7 Å². The number of ether oxygens (including phenoxy) is 1. The van der Waals surface area contributed by atoms with Gasteiger partial charge < -0.3 is 30.6 Å². The second-order valence-corrected chi connectivity index (χ2v) is 11.6. The molecular weight excluding hydrogens is 578 g/mol. The number of carbonyl (C=O) groups excluding carboxylic acids is 3. The molecule has 2 heterocycles. The largest absolute Gasteiger partial charge is 0.453 e. The van der Waals surface area contributed by atoms with Gasteiger partial charge in [-0.05, 0) is 90.6 Å². The number of anilines is 2. The van der Waals surface area contributed by atoms with Gasteiger partial charge in [-0.3, -0.25) is 9.59 Å². The summed E-state index contributed by atoms with van der Waals surface area (Å²) in [6.07, 6.45) is 0.561. The third-order valence-electron chi connectivity index (χ3n) is 7.85. The number of aromatic nitrogens is 1. The number of amides is 3. The highest BCUT2D eigenvalue weighted by atomic mass is 35.5. The molecule has 1 saturated heterocycles. The van der Waals surface area contributed by atoms with Gasteiger partial charge in [0.05, 0.1) is 18.5 Å². The maximum atomic E-state index is 13.4. The Hall–Kier alpha value is -4.76. The van der Waals surface area contributed by atoms with Crippen LogP contribution in [0.4, 0.5) is 16.2 Å². The number of carbonyl (C=O) groups is 3. The van der Waals surface area contributed by atoms with Gasteiger partial charge in [0.2, 0.25) is 11.8 Å². The minimum Gasteiger partial charge on any atom is -0.453 e. The van der Waals surface area contributed by atoms with Gasteiger partial charge in [0, 0.05) is 28.6 Å². The number of nitrogens with two attached hydrogens (primary N) is 1. The van der Waals surface area contributed by atoms with Gasteiger partial charge >= 0.3 is 6.09 Å². The van der Waals surface area contributed by atoms with Crippen molar-refractivity contribution in [1.82, 2.24) is 14.8 Å². The number of nitrogens with zero attached hydrogens (tertiary/aromatic N) is 2. The molecule has 228 valence electrons. The number of hydrogen-bond acceptors (Lipinski definition) is 5. The number of hydrogen-bond donors (Lipinski definition) is 3. The first-order valence-electron chi connectivity index (χ1n) is 14.6. The van der Waals surface area contributed by atoms with E-state index in [1.165, 1.54) is 7.11 Å². The Kier molecular flexibility index (Phi) is 9.25. The molecule has 0 aliphatic carbocycles. The summed E-state index contributed by atoms with van der Waals surface area (Å²) in [5, 5.41) is 6.24. The lowest BCUT2D eigenvalue weighted by molar-refractivity contribution is -0.139. The summed E-state index contributed by atoms with van der Waals surface area (Å²) in [6, 6.07) is 25.7. The van der Waals surface area contributed by atoms with Gasteiger partial charge in [0.25, 0.3) is 0 Å². The van der Waals surface area contributed by atoms with Crippen LogP contribution in [0.25, 0.3) is 28.2 Å². The van der Waals surface area contributed by atoms with Gasteiger partial charge in [-0.2, -0.15) is 0 Å². The Morgan fingerprint density at radius 2 is 1.48 bits per heavy atom. The van der Waals surface area contributed by atoms with Crippen LogP contribution in [-0.2, 0) is 14.3 Å². The highest BCUT2D eigenvalue weighted by Gasteiger charge is 2.38. The van der Waals surface area contributed by atoms with Crippen LogP contribution < -0.4 is 16.4 Å². The minimum absolute atomic E-state index is 0.175. The van der Waals surface area contributed by atoms with Gasteiger partial charge in [0.15, 0.2) is 0 Å². The molecule has 10 heteroatoms. The number of methoxy groups -OCH3 is 1. The van der Waals surface area contributed by atoms with E-state index in [4.69, 9.17) is 22.1 Å². The maximum absolute atomic E-state index is 13.4. The molecule has 44 heavy (non-hydrogen) atoms. The highest BCUT2D eigenvalue weighted by molar-refractivity contribution is 6.30. The summed E-state index contributed by atoms with van der Waals surface area (Å²) in [4.78, 5) is 40.1. The maximum Gasteiger partial charge on any atom is 0.407 e. The third kappa shape index (κ3) is 6.58. The molecule has 0 radical (unpaired) electrons. The van der Waals surface area contributed by atoms with Crippen molar-refractivity contribution < 1.29 is 19.1 Å². The van der Waals surface area contributed by atoms with E-state index in [-0.39, 0.29) is 17.7 Å². The Balaban J connectivity index is 1.37. The number of nitrogen functional groups attached to an aromatic ring is 1. The summed E-state index contributed by atoms with van der Waals surface area (Å²) in [6.45, 7) is 4.13. The van der Waals surface area contributed by atoms with Gasteiger partial charge in [0.1, 0.15) is 12.1 Å². The predicted octanol–water partition coefficient (Wildman–Crippen LogP) is 6.36. The van der Waals surface area contributed by atoms with E-state index < -0.39 is 18.2 Å². The molecule has 1 aliphatic rings. The van der Waals surface area contributed by atoms with Crippen LogP contribution in [0.2, 0.25) is 5.02 Å². The third-order valence-corrected chi connectivity index (χ3v) is 8.10. The van der Waals surface area contributed by atoms with Crippen LogP contribution in [0.1, 0.15) is 26.7 Å². The van der Waals surface area contributed by atoms with Gasteiger partial charge in [-0.15, -0.1) is 0 Å². The van der Waals surface area contributed by atoms with Crippen molar-refractivity contribution in [3.05, 3.63) is 90.0 Å². The van der Waals surface area contributed by atoms with Crippen LogP contribution >= 0.6 is 11.6 Å². The molecule has 0 saturated carbocycles. The van der Waals surface area contributed by atoms with Crippen molar-refractivity contribution in [1.29, 1.82) is 0 Å². The van der Waals surface area contributed by atoms with E-state index in [0.29, 0.717) is 35.8 Å². The lowest BCUT2D eigenvalue weighted by Gasteiger charge is -2.30. The molecule has 4 N–H and O–H groups in total. The Bertz CT molecular complexity index is 1630. The van der Waals surface area contributed by atoms with Crippen LogP contribution in [0, 0.1) is 5.92 Å². The highest BCUT2D eigenvalue weighted by Crippen LogP contribution is 2.34. The van der Waals surface area contributed by atoms with Crippen LogP contribution in [0.5, 0.6) is 0 Å². The number of benzene rings is 3. The summed E-state index contributed by atoms with van der Waals surface area (Å²) < 4.78 is 6.85. The molecule has 9 nitrogen and oxygen atoms in total. The van der Waals surface area contributed by atoms with Crippen molar-refractivity contribution in [2.75, 3.05) is 24.7 Å². The van der Waals surface area contributed by atoms with Crippen molar-refractivity contribution >= 4 is 40.9 Å². The molecule has 3 amide bonds. The Labute approximate surface area is 261 Å². The van der Waals surface area contributed by atoms with Crippen molar-refractivity contribution in [2.24, 2.45) is 5.92 Å². The molecule has 0 bridgehead atoms. The molecule has 3 aromatic carbocycles. The molecule has 2 atom stereocenters.